The number of benzene rings is 3. The van der Waals surface area contributed by atoms with Crippen molar-refractivity contribution in [2.24, 2.45) is 5.10 Å². The number of nitro groups is 1. The summed E-state index contributed by atoms with van der Waals surface area (Å²) in [7, 11) is -4.07. The molecule has 0 aliphatic carbocycles. The number of hydrazone groups is 1. The number of anilines is 3. The van der Waals surface area contributed by atoms with Crippen molar-refractivity contribution in [3.63, 3.8) is 0 Å². The number of hydrogen-bond donors (Lipinski definition) is 3. The lowest BCUT2D eigenvalue weighted by Gasteiger charge is -2.10. The fourth-order valence-electron chi connectivity index (χ4n) is 2.66. The third-order valence-electron chi connectivity index (χ3n) is 4.20. The maximum atomic E-state index is 12.6. The molecule has 9 nitrogen and oxygen atoms in total. The first kappa shape index (κ1) is 22.1. The maximum Gasteiger partial charge on any atom is 0.295 e. The molecule has 0 bridgehead atoms. The molecule has 0 atom stereocenters. The van der Waals surface area contributed by atoms with Crippen molar-refractivity contribution in [2.75, 3.05) is 15.9 Å². The predicted molar refractivity (Wildman–Crippen MR) is 122 cm³/mol. The second-order valence-corrected chi connectivity index (χ2v) is 8.61. The van der Waals surface area contributed by atoms with E-state index in [4.69, 9.17) is 17.3 Å². The molecule has 3 aromatic carbocycles. The van der Waals surface area contributed by atoms with Gasteiger partial charge in [0.2, 0.25) is 0 Å². The van der Waals surface area contributed by atoms with Crippen LogP contribution in [0.5, 0.6) is 0 Å². The van der Waals surface area contributed by atoms with E-state index in [1.165, 1.54) is 24.3 Å². The molecule has 3 aromatic rings. The number of hydrogen-bond acceptors (Lipinski definition) is 7. The molecule has 31 heavy (non-hydrogen) atoms. The van der Waals surface area contributed by atoms with Gasteiger partial charge in [-0.3, -0.25) is 20.3 Å². The van der Waals surface area contributed by atoms with Gasteiger partial charge in [0.15, 0.2) is 0 Å². The Labute approximate surface area is 183 Å². The summed E-state index contributed by atoms with van der Waals surface area (Å²) in [5, 5.41) is 16.0. The minimum Gasteiger partial charge on any atom is -0.399 e. The molecule has 0 aliphatic heterocycles. The van der Waals surface area contributed by atoms with Crippen molar-refractivity contribution in [2.45, 2.75) is 11.8 Å². The molecule has 0 aliphatic rings. The van der Waals surface area contributed by atoms with E-state index in [2.05, 4.69) is 15.2 Å². The zero-order chi connectivity index (χ0) is 22.6. The number of nitrogens with two attached hydrogens (primary N) is 1. The largest absolute Gasteiger partial charge is 0.399 e. The van der Waals surface area contributed by atoms with E-state index in [1.807, 2.05) is 0 Å². The Balaban J connectivity index is 1.89. The van der Waals surface area contributed by atoms with E-state index in [0.29, 0.717) is 16.4 Å². The first-order chi connectivity index (χ1) is 14.7. The molecule has 0 aromatic heterocycles. The van der Waals surface area contributed by atoms with Gasteiger partial charge in [-0.15, -0.1) is 0 Å². The highest BCUT2D eigenvalue weighted by Crippen LogP contribution is 2.29. The van der Waals surface area contributed by atoms with Crippen molar-refractivity contribution in [3.8, 4) is 0 Å². The summed E-state index contributed by atoms with van der Waals surface area (Å²) in [5.74, 6) is 0. The van der Waals surface area contributed by atoms with Gasteiger partial charge in [-0.05, 0) is 55.0 Å². The van der Waals surface area contributed by atoms with Crippen LogP contribution in [0.25, 0.3) is 0 Å². The molecule has 0 amide bonds. The molecule has 3 rings (SSSR count). The monoisotopic (exact) mass is 459 g/mol. The molecule has 0 saturated carbocycles. The lowest BCUT2D eigenvalue weighted by atomic mass is 10.1. The van der Waals surface area contributed by atoms with E-state index < -0.39 is 20.6 Å². The molecule has 0 spiro atoms. The number of nitrogen functional groups attached to an aromatic ring is 1. The molecule has 4 N–H and O–H groups in total. The lowest BCUT2D eigenvalue weighted by Crippen LogP contribution is -2.13. The van der Waals surface area contributed by atoms with Crippen LogP contribution in [0.15, 0.2) is 76.7 Å². The molecule has 0 fully saturated rings. The van der Waals surface area contributed by atoms with Crippen LogP contribution in [0.2, 0.25) is 5.02 Å². The fraction of sp³-hybridized carbons (Fsp3) is 0.0500. The van der Waals surface area contributed by atoms with Gasteiger partial charge in [-0.1, -0.05) is 29.8 Å². The minimum absolute atomic E-state index is 0.0370. The number of nitrogens with zero attached hydrogens (tertiary/aromatic N) is 2. The standard InChI is InChI=1S/C20H18ClN5O4S/c1-13(14-4-2-6-16(22)10-14)23-24-19-9-8-18(12-20(19)26(27)28)31(29,30)25-17-7-3-5-15(21)11-17/h2-12,24-25H,22H2,1H3/b23-13+. The molecule has 0 heterocycles. The number of rotatable bonds is 7. The van der Waals surface area contributed by atoms with Crippen LogP contribution in [-0.2, 0) is 10.0 Å². The van der Waals surface area contributed by atoms with Crippen LogP contribution in [0.4, 0.5) is 22.7 Å². The lowest BCUT2D eigenvalue weighted by molar-refractivity contribution is -0.384. The van der Waals surface area contributed by atoms with Crippen molar-refractivity contribution in [1.82, 2.24) is 0 Å². The molecule has 11 heteroatoms. The van der Waals surface area contributed by atoms with Crippen LogP contribution in [0.3, 0.4) is 0 Å². The molecule has 160 valence electrons. The quantitative estimate of drug-likeness (QED) is 0.206. The molecule has 0 saturated heterocycles. The van der Waals surface area contributed by atoms with Crippen molar-refractivity contribution >= 4 is 50.1 Å². The number of nitrogens with one attached hydrogen (secondary N) is 2. The van der Waals surface area contributed by atoms with Crippen molar-refractivity contribution in [1.29, 1.82) is 0 Å². The van der Waals surface area contributed by atoms with E-state index in [9.17, 15) is 18.5 Å². The van der Waals surface area contributed by atoms with E-state index in [1.54, 1.807) is 43.3 Å². The van der Waals surface area contributed by atoms with Crippen LogP contribution in [-0.4, -0.2) is 19.1 Å². The number of nitro benzene ring substituents is 1. The SMILES string of the molecule is C/C(=N\Nc1ccc(S(=O)(=O)Nc2cccc(Cl)c2)cc1[N+](=O)[O-])c1cccc(N)c1. The third kappa shape index (κ3) is 5.50. The van der Waals surface area contributed by atoms with Gasteiger partial charge >= 0.3 is 0 Å². The molecule has 0 radical (unpaired) electrons. The molecule has 0 unspecified atom stereocenters. The summed E-state index contributed by atoms with van der Waals surface area (Å²) in [6.07, 6.45) is 0. The van der Waals surface area contributed by atoms with Crippen LogP contribution in [0, 0.1) is 10.1 Å². The smallest absolute Gasteiger partial charge is 0.295 e. The second-order valence-electron chi connectivity index (χ2n) is 6.49. The Hall–Kier alpha value is -3.63. The first-order valence-electron chi connectivity index (χ1n) is 8.89. The van der Waals surface area contributed by atoms with Gasteiger partial charge in [0.25, 0.3) is 15.7 Å². The van der Waals surface area contributed by atoms with Gasteiger partial charge in [0, 0.05) is 16.8 Å². The summed E-state index contributed by atoms with van der Waals surface area (Å²) in [4.78, 5) is 10.6. The van der Waals surface area contributed by atoms with E-state index in [0.717, 1.165) is 11.6 Å². The summed E-state index contributed by atoms with van der Waals surface area (Å²) in [5.41, 5.74) is 10.0. The van der Waals surface area contributed by atoms with Crippen molar-refractivity contribution in [3.05, 3.63) is 87.4 Å². The van der Waals surface area contributed by atoms with E-state index >= 15 is 0 Å². The topological polar surface area (TPSA) is 140 Å². The minimum atomic E-state index is -4.07. The number of halogens is 1. The van der Waals surface area contributed by atoms with Gasteiger partial charge in [-0.2, -0.15) is 5.10 Å². The van der Waals surface area contributed by atoms with Gasteiger partial charge in [0.1, 0.15) is 5.69 Å². The highest BCUT2D eigenvalue weighted by molar-refractivity contribution is 7.92. The summed E-state index contributed by atoms with van der Waals surface area (Å²) in [6.45, 7) is 1.71. The third-order valence-corrected chi connectivity index (χ3v) is 5.82. The van der Waals surface area contributed by atoms with Crippen molar-refractivity contribution < 1.29 is 13.3 Å². The Morgan fingerprint density at radius 2 is 1.84 bits per heavy atom. The maximum absolute atomic E-state index is 12.6. The van der Waals surface area contributed by atoms with Gasteiger partial charge in [0.05, 0.1) is 21.2 Å². The zero-order valence-corrected chi connectivity index (χ0v) is 17.8. The van der Waals surface area contributed by atoms with Crippen LogP contribution in [0.1, 0.15) is 12.5 Å². The van der Waals surface area contributed by atoms with Gasteiger partial charge < -0.3 is 5.73 Å². The zero-order valence-electron chi connectivity index (χ0n) is 16.2. The Bertz CT molecular complexity index is 1280. The average molecular weight is 460 g/mol. The average Bonchev–Trinajstić information content (AvgIpc) is 2.71. The Kier molecular flexibility index (Phi) is 6.42. The summed E-state index contributed by atoms with van der Waals surface area (Å²) >= 11 is 5.87. The summed E-state index contributed by atoms with van der Waals surface area (Å²) < 4.78 is 27.6. The molecular weight excluding hydrogens is 442 g/mol. The first-order valence-corrected chi connectivity index (χ1v) is 10.7. The normalized spacial score (nSPS) is 11.7. The van der Waals surface area contributed by atoms with Gasteiger partial charge in [-0.25, -0.2) is 8.42 Å². The highest BCUT2D eigenvalue weighted by atomic mass is 35.5. The second kappa shape index (κ2) is 9.02. The number of sulfonamides is 1. The van der Waals surface area contributed by atoms with Crippen LogP contribution < -0.4 is 15.9 Å². The Morgan fingerprint density at radius 3 is 2.52 bits per heavy atom. The predicted octanol–water partition coefficient (Wildman–Crippen LogP) is 4.47. The Morgan fingerprint density at radius 1 is 1.10 bits per heavy atom. The van der Waals surface area contributed by atoms with E-state index in [-0.39, 0.29) is 16.3 Å². The molecular formula is C20H18ClN5O4S. The van der Waals surface area contributed by atoms with Crippen LogP contribution >= 0.6 is 11.6 Å². The highest BCUT2D eigenvalue weighted by Gasteiger charge is 2.22. The fourth-order valence-corrected chi connectivity index (χ4v) is 3.92. The summed E-state index contributed by atoms with van der Waals surface area (Å²) in [6, 6.07) is 16.6.